The summed E-state index contributed by atoms with van der Waals surface area (Å²) in [6.45, 7) is 9.27. The molecule has 0 saturated carbocycles. The highest BCUT2D eigenvalue weighted by atomic mass is 16.5. The number of nitrogens with zero attached hydrogens (tertiary/aromatic N) is 7. The molecular weight excluding hydrogens is 426 g/mol. The molecule has 34 heavy (non-hydrogen) atoms. The van der Waals surface area contributed by atoms with Crippen molar-refractivity contribution in [3.8, 4) is 22.9 Å². The third-order valence-corrected chi connectivity index (χ3v) is 6.68. The van der Waals surface area contributed by atoms with Crippen LogP contribution in [0.4, 0.5) is 11.6 Å². The van der Waals surface area contributed by atoms with E-state index in [1.165, 1.54) is 0 Å². The molecule has 2 aliphatic heterocycles. The third kappa shape index (κ3) is 4.62. The first-order valence-electron chi connectivity index (χ1n) is 12.1. The van der Waals surface area contributed by atoms with Gasteiger partial charge < -0.3 is 14.5 Å². The summed E-state index contributed by atoms with van der Waals surface area (Å²) < 4.78 is 7.43. The lowest BCUT2D eigenvalue weighted by atomic mass is 9.98. The Labute approximate surface area is 200 Å². The van der Waals surface area contributed by atoms with Crippen molar-refractivity contribution < 1.29 is 4.74 Å². The Morgan fingerprint density at radius 2 is 1.76 bits per heavy atom. The Morgan fingerprint density at radius 3 is 2.44 bits per heavy atom. The summed E-state index contributed by atoms with van der Waals surface area (Å²) in [6, 6.07) is 10.7. The Hall–Kier alpha value is -3.44. The van der Waals surface area contributed by atoms with Gasteiger partial charge in [0.2, 0.25) is 0 Å². The summed E-state index contributed by atoms with van der Waals surface area (Å²) in [5, 5.41) is 14.1. The van der Waals surface area contributed by atoms with Gasteiger partial charge in [-0.2, -0.15) is 10.4 Å². The lowest BCUT2D eigenvalue weighted by Crippen LogP contribution is -2.36. The molecule has 5 heterocycles. The molecule has 0 unspecified atom stereocenters. The number of pyridine rings is 2. The van der Waals surface area contributed by atoms with Crippen LogP contribution in [0.2, 0.25) is 0 Å². The van der Waals surface area contributed by atoms with Crippen molar-refractivity contribution in [2.75, 3.05) is 49.2 Å². The molecule has 0 spiro atoms. The molecule has 0 radical (unpaired) electrons. The molecule has 0 amide bonds. The van der Waals surface area contributed by atoms with Gasteiger partial charge in [0.15, 0.2) is 0 Å². The minimum atomic E-state index is 0.173. The van der Waals surface area contributed by atoms with Crippen molar-refractivity contribution in [1.29, 1.82) is 5.26 Å². The van der Waals surface area contributed by atoms with Gasteiger partial charge in [-0.3, -0.25) is 0 Å². The fourth-order valence-corrected chi connectivity index (χ4v) is 4.65. The van der Waals surface area contributed by atoms with Crippen LogP contribution in [0.15, 0.2) is 42.9 Å². The monoisotopic (exact) mass is 457 g/mol. The molecule has 0 bridgehead atoms. The largest absolute Gasteiger partial charge is 0.378 e. The zero-order chi connectivity index (χ0) is 23.5. The molecule has 0 N–H and O–H groups in total. The smallest absolute Gasteiger partial charge is 0.130 e. The maximum absolute atomic E-state index is 9.14. The van der Waals surface area contributed by atoms with E-state index < -0.39 is 0 Å². The van der Waals surface area contributed by atoms with Gasteiger partial charge in [-0.25, -0.2) is 14.6 Å². The molecule has 0 aromatic carbocycles. The summed E-state index contributed by atoms with van der Waals surface area (Å²) in [6.07, 6.45) is 7.71. The van der Waals surface area contributed by atoms with Crippen LogP contribution in [-0.4, -0.2) is 59.1 Å². The fourth-order valence-electron chi connectivity index (χ4n) is 4.65. The van der Waals surface area contributed by atoms with E-state index in [1.807, 2.05) is 23.1 Å². The maximum Gasteiger partial charge on any atom is 0.130 e. The van der Waals surface area contributed by atoms with Crippen molar-refractivity contribution in [2.24, 2.45) is 5.92 Å². The highest BCUT2D eigenvalue weighted by Crippen LogP contribution is 2.31. The van der Waals surface area contributed by atoms with E-state index in [2.05, 4.69) is 59.1 Å². The first kappa shape index (κ1) is 22.4. The Morgan fingerprint density at radius 1 is 1.00 bits per heavy atom. The molecule has 2 saturated heterocycles. The molecule has 0 aliphatic carbocycles. The van der Waals surface area contributed by atoms with Crippen molar-refractivity contribution in [3.05, 3.63) is 48.5 Å². The van der Waals surface area contributed by atoms with E-state index in [9.17, 15) is 0 Å². The Kier molecular flexibility index (Phi) is 6.45. The number of hydrogen-bond donors (Lipinski definition) is 0. The van der Waals surface area contributed by atoms with Crippen LogP contribution in [-0.2, 0) is 4.74 Å². The molecular formula is C26H31N7O. The predicted molar refractivity (Wildman–Crippen MR) is 132 cm³/mol. The van der Waals surface area contributed by atoms with Crippen molar-refractivity contribution in [1.82, 2.24) is 19.7 Å². The number of aromatic nitrogens is 4. The van der Waals surface area contributed by atoms with E-state index in [0.29, 0.717) is 0 Å². The number of nitriles is 1. The SMILES string of the molecule is CC(C)c1nn(-c2ccnc(N3CCOCC3)c2)cc1-c1ccc(N2CCC(C#N)CC2)nc1. The molecule has 3 aromatic rings. The van der Waals surface area contributed by atoms with Crippen LogP contribution in [0, 0.1) is 17.2 Å². The number of anilines is 2. The highest BCUT2D eigenvalue weighted by molar-refractivity contribution is 5.67. The van der Waals surface area contributed by atoms with Gasteiger partial charge in [-0.05, 0) is 37.0 Å². The number of piperidine rings is 1. The van der Waals surface area contributed by atoms with Crippen LogP contribution in [0.3, 0.4) is 0 Å². The summed E-state index contributed by atoms with van der Waals surface area (Å²) in [4.78, 5) is 13.9. The van der Waals surface area contributed by atoms with E-state index in [1.54, 1.807) is 0 Å². The average Bonchev–Trinajstić information content (AvgIpc) is 3.36. The summed E-state index contributed by atoms with van der Waals surface area (Å²) in [5.74, 6) is 2.38. The zero-order valence-electron chi connectivity index (χ0n) is 19.9. The van der Waals surface area contributed by atoms with Crippen molar-refractivity contribution in [2.45, 2.75) is 32.6 Å². The lowest BCUT2D eigenvalue weighted by molar-refractivity contribution is 0.122. The fraction of sp³-hybridized carbons (Fsp3) is 0.462. The lowest BCUT2D eigenvalue weighted by Gasteiger charge is -2.30. The molecule has 2 fully saturated rings. The first-order chi connectivity index (χ1) is 16.6. The van der Waals surface area contributed by atoms with E-state index >= 15 is 0 Å². The Bertz CT molecular complexity index is 1150. The van der Waals surface area contributed by atoms with E-state index in [-0.39, 0.29) is 11.8 Å². The summed E-state index contributed by atoms with van der Waals surface area (Å²) in [7, 11) is 0. The minimum Gasteiger partial charge on any atom is -0.378 e. The van der Waals surface area contributed by atoms with Crippen LogP contribution in [0.5, 0.6) is 0 Å². The summed E-state index contributed by atoms with van der Waals surface area (Å²) >= 11 is 0. The second-order valence-electron chi connectivity index (χ2n) is 9.29. The van der Waals surface area contributed by atoms with Gasteiger partial charge in [-0.1, -0.05) is 13.8 Å². The van der Waals surface area contributed by atoms with Crippen molar-refractivity contribution in [3.63, 3.8) is 0 Å². The molecule has 2 aliphatic rings. The maximum atomic E-state index is 9.14. The third-order valence-electron chi connectivity index (χ3n) is 6.68. The van der Waals surface area contributed by atoms with Crippen LogP contribution >= 0.6 is 0 Å². The van der Waals surface area contributed by atoms with Gasteiger partial charge in [0.05, 0.1) is 30.7 Å². The van der Waals surface area contributed by atoms with Crippen molar-refractivity contribution >= 4 is 11.6 Å². The number of hydrogen-bond acceptors (Lipinski definition) is 7. The molecule has 5 rings (SSSR count). The standard InChI is InChI=1S/C26H31N7O/c1-19(2)26-23(21-3-4-24(29-17-21)31-9-6-20(16-27)7-10-31)18-33(30-26)22-5-8-28-25(15-22)32-11-13-34-14-12-32/h3-5,8,15,17-20H,6-7,9-14H2,1-2H3. The second-order valence-corrected chi connectivity index (χ2v) is 9.29. The van der Waals surface area contributed by atoms with Gasteiger partial charge in [0.1, 0.15) is 11.6 Å². The van der Waals surface area contributed by atoms with E-state index in [0.717, 1.165) is 86.4 Å². The second kappa shape index (κ2) is 9.82. The van der Waals surface area contributed by atoms with Gasteiger partial charge in [0, 0.05) is 67.9 Å². The quantitative estimate of drug-likeness (QED) is 0.572. The predicted octanol–water partition coefficient (Wildman–Crippen LogP) is 4.03. The number of ether oxygens (including phenoxy) is 1. The van der Waals surface area contributed by atoms with Crippen LogP contribution in [0.1, 0.15) is 38.3 Å². The van der Waals surface area contributed by atoms with Gasteiger partial charge in [0.25, 0.3) is 0 Å². The highest BCUT2D eigenvalue weighted by Gasteiger charge is 2.21. The zero-order valence-corrected chi connectivity index (χ0v) is 19.9. The first-order valence-corrected chi connectivity index (χ1v) is 12.1. The van der Waals surface area contributed by atoms with Crippen LogP contribution in [0.25, 0.3) is 16.8 Å². The topological polar surface area (TPSA) is 83.1 Å². The van der Waals surface area contributed by atoms with Crippen LogP contribution < -0.4 is 9.80 Å². The molecule has 3 aromatic heterocycles. The number of rotatable bonds is 5. The summed E-state index contributed by atoms with van der Waals surface area (Å²) in [5.41, 5.74) is 4.21. The molecule has 176 valence electrons. The Balaban J connectivity index is 1.40. The van der Waals surface area contributed by atoms with Gasteiger partial charge in [-0.15, -0.1) is 0 Å². The minimum absolute atomic E-state index is 0.173. The molecule has 0 atom stereocenters. The molecule has 8 heteroatoms. The van der Waals surface area contributed by atoms with E-state index in [4.69, 9.17) is 20.1 Å². The molecule has 8 nitrogen and oxygen atoms in total. The normalized spacial score (nSPS) is 17.2. The van der Waals surface area contributed by atoms with Gasteiger partial charge >= 0.3 is 0 Å². The number of morpholine rings is 1. The average molecular weight is 458 g/mol.